The Balaban J connectivity index is 1.78. The third-order valence-corrected chi connectivity index (χ3v) is 4.89. The first-order chi connectivity index (χ1) is 8.69. The molecule has 18 heavy (non-hydrogen) atoms. The van der Waals surface area contributed by atoms with Gasteiger partial charge in [0, 0.05) is 25.2 Å². The zero-order chi connectivity index (χ0) is 13.0. The summed E-state index contributed by atoms with van der Waals surface area (Å²) < 4.78 is 0. The van der Waals surface area contributed by atoms with Crippen LogP contribution in [0, 0.1) is 11.8 Å². The summed E-state index contributed by atoms with van der Waals surface area (Å²) >= 11 is 0. The van der Waals surface area contributed by atoms with Crippen molar-refractivity contribution in [3.63, 3.8) is 0 Å². The van der Waals surface area contributed by atoms with Crippen molar-refractivity contribution in [3.05, 3.63) is 0 Å². The molecule has 2 rings (SSSR count). The first-order valence-electron chi connectivity index (χ1n) is 8.16. The Morgan fingerprint density at radius 1 is 1.28 bits per heavy atom. The van der Waals surface area contributed by atoms with Crippen LogP contribution in [0.2, 0.25) is 0 Å². The van der Waals surface area contributed by atoms with Gasteiger partial charge in [-0.1, -0.05) is 40.0 Å². The Labute approximate surface area is 114 Å². The maximum Gasteiger partial charge on any atom is 0.0218 e. The Kier molecular flexibility index (Phi) is 5.50. The number of hydrogen-bond acceptors (Lipinski definition) is 2. The average molecular weight is 252 g/mol. The summed E-state index contributed by atoms with van der Waals surface area (Å²) in [6.07, 6.45) is 8.56. The maximum absolute atomic E-state index is 3.76. The molecule has 0 aromatic heterocycles. The van der Waals surface area contributed by atoms with Crippen LogP contribution >= 0.6 is 0 Å². The Morgan fingerprint density at radius 2 is 2.06 bits per heavy atom. The van der Waals surface area contributed by atoms with Gasteiger partial charge in [0.25, 0.3) is 0 Å². The van der Waals surface area contributed by atoms with Crippen molar-refractivity contribution in [1.29, 1.82) is 0 Å². The van der Waals surface area contributed by atoms with E-state index in [0.717, 1.165) is 23.9 Å². The molecular formula is C16H32N2. The fraction of sp³-hybridized carbons (Fsp3) is 1.00. The van der Waals surface area contributed by atoms with Crippen LogP contribution in [0.1, 0.15) is 59.3 Å². The molecule has 1 heterocycles. The fourth-order valence-electron chi connectivity index (χ4n) is 3.46. The molecule has 2 unspecified atom stereocenters. The topological polar surface area (TPSA) is 15.3 Å². The van der Waals surface area contributed by atoms with Crippen molar-refractivity contribution in [3.8, 4) is 0 Å². The number of nitrogens with one attached hydrogen (secondary N) is 1. The molecule has 0 aromatic carbocycles. The molecule has 0 spiro atoms. The van der Waals surface area contributed by atoms with Gasteiger partial charge in [-0.05, 0) is 37.6 Å². The van der Waals surface area contributed by atoms with Gasteiger partial charge >= 0.3 is 0 Å². The van der Waals surface area contributed by atoms with Crippen LogP contribution in [0.3, 0.4) is 0 Å². The number of rotatable bonds is 6. The van der Waals surface area contributed by atoms with Gasteiger partial charge in [-0.15, -0.1) is 0 Å². The van der Waals surface area contributed by atoms with E-state index in [0.29, 0.717) is 0 Å². The smallest absolute Gasteiger partial charge is 0.0218 e. The lowest BCUT2D eigenvalue weighted by Crippen LogP contribution is -2.56. The van der Waals surface area contributed by atoms with Crippen LogP contribution in [-0.2, 0) is 0 Å². The lowest BCUT2D eigenvalue weighted by Gasteiger charge is -2.42. The minimum atomic E-state index is 0.731. The zero-order valence-electron chi connectivity index (χ0n) is 12.6. The molecule has 2 fully saturated rings. The van der Waals surface area contributed by atoms with Crippen LogP contribution < -0.4 is 5.32 Å². The van der Waals surface area contributed by atoms with Gasteiger partial charge < -0.3 is 5.32 Å². The second-order valence-electron chi connectivity index (χ2n) is 6.88. The average Bonchev–Trinajstić information content (AvgIpc) is 2.26. The Hall–Kier alpha value is -0.0800. The highest BCUT2D eigenvalue weighted by Crippen LogP contribution is 2.30. The largest absolute Gasteiger partial charge is 0.311 e. The Bertz CT molecular complexity index is 235. The molecule has 2 nitrogen and oxygen atoms in total. The highest BCUT2D eigenvalue weighted by Gasteiger charge is 2.28. The van der Waals surface area contributed by atoms with Crippen LogP contribution in [0.25, 0.3) is 0 Å². The molecule has 1 N–H and O–H groups in total. The fourth-order valence-corrected chi connectivity index (χ4v) is 3.46. The van der Waals surface area contributed by atoms with Crippen LogP contribution in [0.5, 0.6) is 0 Å². The summed E-state index contributed by atoms with van der Waals surface area (Å²) in [4.78, 5) is 2.78. The van der Waals surface area contributed by atoms with E-state index in [9.17, 15) is 0 Å². The molecule has 0 aromatic rings. The molecule has 2 aliphatic rings. The summed E-state index contributed by atoms with van der Waals surface area (Å²) in [5.41, 5.74) is 0. The third kappa shape index (κ3) is 3.96. The van der Waals surface area contributed by atoms with E-state index in [2.05, 4.69) is 31.0 Å². The minimum Gasteiger partial charge on any atom is -0.311 e. The number of nitrogens with zero attached hydrogens (tertiary/aromatic N) is 1. The summed E-state index contributed by atoms with van der Waals surface area (Å²) in [6, 6.07) is 1.52. The van der Waals surface area contributed by atoms with E-state index in [4.69, 9.17) is 0 Å². The molecule has 0 bridgehead atoms. The van der Waals surface area contributed by atoms with Crippen molar-refractivity contribution < 1.29 is 0 Å². The van der Waals surface area contributed by atoms with E-state index in [1.807, 2.05) is 0 Å². The Morgan fingerprint density at radius 3 is 2.61 bits per heavy atom. The second kappa shape index (κ2) is 6.91. The van der Waals surface area contributed by atoms with E-state index in [-0.39, 0.29) is 0 Å². The molecule has 0 radical (unpaired) electrons. The van der Waals surface area contributed by atoms with Gasteiger partial charge in [-0.3, -0.25) is 4.90 Å². The molecule has 1 saturated carbocycles. The standard InChI is InChI=1S/C16H32N2/c1-4-16-11-17-15(10-13(2)3)12-18(16)9-8-14-6-5-7-14/h13-17H,4-12H2,1-3H3. The summed E-state index contributed by atoms with van der Waals surface area (Å²) in [5, 5.41) is 3.76. The van der Waals surface area contributed by atoms with E-state index in [1.54, 1.807) is 0 Å². The minimum absolute atomic E-state index is 0.731. The van der Waals surface area contributed by atoms with Crippen molar-refractivity contribution >= 4 is 0 Å². The lowest BCUT2D eigenvalue weighted by molar-refractivity contribution is 0.104. The zero-order valence-corrected chi connectivity index (χ0v) is 12.6. The van der Waals surface area contributed by atoms with Crippen molar-refractivity contribution in [1.82, 2.24) is 10.2 Å². The highest BCUT2D eigenvalue weighted by molar-refractivity contribution is 4.86. The van der Waals surface area contributed by atoms with Gasteiger partial charge in [0.05, 0.1) is 0 Å². The van der Waals surface area contributed by atoms with Crippen LogP contribution in [-0.4, -0.2) is 36.6 Å². The molecule has 1 aliphatic heterocycles. The number of piperazine rings is 1. The van der Waals surface area contributed by atoms with E-state index < -0.39 is 0 Å². The third-order valence-electron chi connectivity index (χ3n) is 4.89. The quantitative estimate of drug-likeness (QED) is 0.780. The van der Waals surface area contributed by atoms with Crippen molar-refractivity contribution in [2.24, 2.45) is 11.8 Å². The molecule has 0 amide bonds. The molecule has 1 saturated heterocycles. The van der Waals surface area contributed by atoms with Crippen molar-refractivity contribution in [2.45, 2.75) is 71.4 Å². The predicted octanol–water partition coefficient (Wildman–Crippen LogP) is 3.28. The maximum atomic E-state index is 3.76. The first kappa shape index (κ1) is 14.3. The molecule has 1 aliphatic carbocycles. The normalized spacial score (nSPS) is 30.7. The summed E-state index contributed by atoms with van der Waals surface area (Å²) in [6.45, 7) is 10.9. The van der Waals surface area contributed by atoms with E-state index in [1.165, 1.54) is 58.2 Å². The molecule has 2 atom stereocenters. The van der Waals surface area contributed by atoms with Crippen LogP contribution in [0.15, 0.2) is 0 Å². The monoisotopic (exact) mass is 252 g/mol. The molecular weight excluding hydrogens is 220 g/mol. The highest BCUT2D eigenvalue weighted by atomic mass is 15.2. The molecule has 2 heteroatoms. The summed E-state index contributed by atoms with van der Waals surface area (Å²) in [5.74, 6) is 1.87. The SMILES string of the molecule is CCC1CNC(CC(C)C)CN1CCC1CCC1. The van der Waals surface area contributed by atoms with Gasteiger partial charge in [-0.25, -0.2) is 0 Å². The van der Waals surface area contributed by atoms with Gasteiger partial charge in [0.1, 0.15) is 0 Å². The molecule has 106 valence electrons. The van der Waals surface area contributed by atoms with E-state index >= 15 is 0 Å². The number of hydrogen-bond donors (Lipinski definition) is 1. The first-order valence-corrected chi connectivity index (χ1v) is 8.16. The van der Waals surface area contributed by atoms with Gasteiger partial charge in [-0.2, -0.15) is 0 Å². The lowest BCUT2D eigenvalue weighted by atomic mass is 9.82. The van der Waals surface area contributed by atoms with Gasteiger partial charge in [0.15, 0.2) is 0 Å². The predicted molar refractivity (Wildman–Crippen MR) is 78.9 cm³/mol. The van der Waals surface area contributed by atoms with Crippen LogP contribution in [0.4, 0.5) is 0 Å². The van der Waals surface area contributed by atoms with Crippen molar-refractivity contribution in [2.75, 3.05) is 19.6 Å². The summed E-state index contributed by atoms with van der Waals surface area (Å²) in [7, 11) is 0. The van der Waals surface area contributed by atoms with Gasteiger partial charge in [0.2, 0.25) is 0 Å². The second-order valence-corrected chi connectivity index (χ2v) is 6.88.